The first-order valence-corrected chi connectivity index (χ1v) is 4.47. The molecule has 0 aliphatic heterocycles. The van der Waals surface area contributed by atoms with E-state index < -0.39 is 5.60 Å². The summed E-state index contributed by atoms with van der Waals surface area (Å²) in [5.41, 5.74) is -0.650. The van der Waals surface area contributed by atoms with Crippen LogP contribution in [0.15, 0.2) is 17.0 Å². The topological polar surface area (TPSA) is 35.0 Å². The summed E-state index contributed by atoms with van der Waals surface area (Å²) in [6.07, 6.45) is 8.33. The van der Waals surface area contributed by atoms with Crippen molar-refractivity contribution in [2.45, 2.75) is 19.4 Å². The van der Waals surface area contributed by atoms with E-state index in [0.717, 1.165) is 0 Å². The first-order valence-electron chi connectivity index (χ1n) is 3.68. The maximum atomic E-state index is 5.38. The van der Waals surface area contributed by atoms with Crippen LogP contribution in [0.1, 0.15) is 13.8 Å². The van der Waals surface area contributed by atoms with Gasteiger partial charge in [0.05, 0.1) is 12.4 Å². The van der Waals surface area contributed by atoms with E-state index in [2.05, 4.69) is 31.8 Å². The summed E-state index contributed by atoms with van der Waals surface area (Å²) in [7, 11) is 0. The maximum Gasteiger partial charge on any atom is 0.233 e. The van der Waals surface area contributed by atoms with E-state index in [-0.39, 0.29) is 0 Å². The van der Waals surface area contributed by atoms with Gasteiger partial charge in [0.2, 0.25) is 5.88 Å². The number of hydrogen-bond donors (Lipinski definition) is 0. The molecule has 0 atom stereocenters. The van der Waals surface area contributed by atoms with Gasteiger partial charge in [-0.1, -0.05) is 5.92 Å². The quantitative estimate of drug-likeness (QED) is 0.743. The Kier molecular flexibility index (Phi) is 2.89. The van der Waals surface area contributed by atoms with Gasteiger partial charge in [-0.3, -0.25) is 0 Å². The molecular weight excluding hydrogens is 232 g/mol. The average molecular weight is 241 g/mol. The molecule has 0 fully saturated rings. The van der Waals surface area contributed by atoms with Gasteiger partial charge in [-0.15, -0.1) is 6.42 Å². The van der Waals surface area contributed by atoms with Crippen LogP contribution in [-0.4, -0.2) is 15.6 Å². The lowest BCUT2D eigenvalue weighted by Gasteiger charge is -2.18. The van der Waals surface area contributed by atoms with Crippen LogP contribution >= 0.6 is 15.9 Å². The zero-order valence-electron chi connectivity index (χ0n) is 7.41. The van der Waals surface area contributed by atoms with Crippen molar-refractivity contribution in [3.8, 4) is 18.2 Å². The highest BCUT2D eigenvalue weighted by Crippen LogP contribution is 2.14. The van der Waals surface area contributed by atoms with Crippen molar-refractivity contribution in [1.82, 2.24) is 9.97 Å². The first-order chi connectivity index (χ1) is 6.03. The fourth-order valence-electron chi connectivity index (χ4n) is 0.644. The number of terminal acetylenes is 1. The molecule has 1 rings (SSSR count). The minimum Gasteiger partial charge on any atom is -0.457 e. The van der Waals surface area contributed by atoms with E-state index in [9.17, 15) is 0 Å². The lowest BCUT2D eigenvalue weighted by molar-refractivity contribution is 0.164. The van der Waals surface area contributed by atoms with Crippen LogP contribution in [-0.2, 0) is 0 Å². The van der Waals surface area contributed by atoms with Crippen LogP contribution in [0.4, 0.5) is 0 Å². The van der Waals surface area contributed by atoms with Crippen molar-refractivity contribution in [3.05, 3.63) is 17.0 Å². The van der Waals surface area contributed by atoms with Crippen LogP contribution in [0, 0.1) is 12.3 Å². The molecule has 0 N–H and O–H groups in total. The number of nitrogens with zero attached hydrogens (tertiary/aromatic N) is 2. The van der Waals surface area contributed by atoms with E-state index in [1.807, 2.05) is 0 Å². The molecule has 0 spiro atoms. The van der Waals surface area contributed by atoms with Crippen molar-refractivity contribution in [2.24, 2.45) is 0 Å². The van der Waals surface area contributed by atoms with Crippen LogP contribution in [0.3, 0.4) is 0 Å². The van der Waals surface area contributed by atoms with E-state index >= 15 is 0 Å². The van der Waals surface area contributed by atoms with Crippen molar-refractivity contribution in [2.75, 3.05) is 0 Å². The SMILES string of the molecule is C#CC(C)(C)Oc1cnc(Br)cn1. The Bertz CT molecular complexity index is 326. The van der Waals surface area contributed by atoms with Gasteiger partial charge in [0.1, 0.15) is 4.60 Å². The van der Waals surface area contributed by atoms with E-state index in [1.54, 1.807) is 20.0 Å². The third kappa shape index (κ3) is 3.03. The fourth-order valence-corrected chi connectivity index (χ4v) is 0.849. The summed E-state index contributed by atoms with van der Waals surface area (Å²) >= 11 is 3.17. The molecule has 0 saturated heterocycles. The molecule has 0 aliphatic rings. The molecule has 0 radical (unpaired) electrons. The van der Waals surface area contributed by atoms with Gasteiger partial charge >= 0.3 is 0 Å². The van der Waals surface area contributed by atoms with Crippen LogP contribution < -0.4 is 4.74 Å². The molecule has 0 saturated carbocycles. The smallest absolute Gasteiger partial charge is 0.233 e. The standard InChI is InChI=1S/C9H9BrN2O/c1-4-9(2,3)13-8-6-11-7(10)5-12-8/h1,5-6H,2-3H3. The zero-order chi connectivity index (χ0) is 9.90. The third-order valence-electron chi connectivity index (χ3n) is 1.30. The Morgan fingerprint density at radius 1 is 1.46 bits per heavy atom. The number of ether oxygens (including phenoxy) is 1. The Balaban J connectivity index is 2.77. The minimum atomic E-state index is -0.650. The maximum absolute atomic E-state index is 5.38. The van der Waals surface area contributed by atoms with E-state index in [4.69, 9.17) is 11.2 Å². The molecule has 0 unspecified atom stereocenters. The van der Waals surface area contributed by atoms with E-state index in [1.165, 1.54) is 6.20 Å². The molecule has 0 amide bonds. The second-order valence-electron chi connectivity index (χ2n) is 2.93. The summed E-state index contributed by atoms with van der Waals surface area (Å²) < 4.78 is 6.04. The normalized spacial score (nSPS) is 10.6. The predicted octanol–water partition coefficient (Wildman–Crippen LogP) is 2.03. The summed E-state index contributed by atoms with van der Waals surface area (Å²) in [5, 5.41) is 0. The largest absolute Gasteiger partial charge is 0.457 e. The second kappa shape index (κ2) is 3.75. The van der Waals surface area contributed by atoms with Gasteiger partial charge in [-0.25, -0.2) is 9.97 Å². The monoisotopic (exact) mass is 240 g/mol. The van der Waals surface area contributed by atoms with Gasteiger partial charge in [0, 0.05) is 0 Å². The Morgan fingerprint density at radius 3 is 2.62 bits per heavy atom. The Morgan fingerprint density at radius 2 is 2.15 bits per heavy atom. The molecule has 13 heavy (non-hydrogen) atoms. The predicted molar refractivity (Wildman–Crippen MR) is 53.3 cm³/mol. The minimum absolute atomic E-state index is 0.422. The lowest BCUT2D eigenvalue weighted by atomic mass is 10.1. The van der Waals surface area contributed by atoms with Gasteiger partial charge in [-0.2, -0.15) is 0 Å². The van der Waals surface area contributed by atoms with Crippen LogP contribution in [0.2, 0.25) is 0 Å². The van der Waals surface area contributed by atoms with Gasteiger partial charge in [-0.05, 0) is 29.8 Å². The molecule has 1 heterocycles. The summed E-state index contributed by atoms with van der Waals surface area (Å²) in [6.45, 7) is 3.58. The van der Waals surface area contributed by atoms with Crippen molar-refractivity contribution in [1.29, 1.82) is 0 Å². The summed E-state index contributed by atoms with van der Waals surface area (Å²) in [4.78, 5) is 7.94. The molecule has 0 bridgehead atoms. The number of halogens is 1. The average Bonchev–Trinajstić information content (AvgIpc) is 2.09. The second-order valence-corrected chi connectivity index (χ2v) is 3.75. The van der Waals surface area contributed by atoms with E-state index in [0.29, 0.717) is 10.5 Å². The Hall–Kier alpha value is -1.08. The number of aromatic nitrogens is 2. The van der Waals surface area contributed by atoms with Crippen molar-refractivity contribution < 1.29 is 4.74 Å². The van der Waals surface area contributed by atoms with Gasteiger partial charge in [0.15, 0.2) is 5.60 Å². The van der Waals surface area contributed by atoms with Gasteiger partial charge in [0.25, 0.3) is 0 Å². The number of rotatable bonds is 2. The third-order valence-corrected chi connectivity index (χ3v) is 1.71. The molecule has 68 valence electrons. The lowest BCUT2D eigenvalue weighted by Crippen LogP contribution is -2.26. The van der Waals surface area contributed by atoms with Gasteiger partial charge < -0.3 is 4.74 Å². The number of hydrogen-bond acceptors (Lipinski definition) is 3. The highest BCUT2D eigenvalue weighted by molar-refractivity contribution is 9.10. The molecule has 1 aromatic rings. The highest BCUT2D eigenvalue weighted by Gasteiger charge is 2.16. The van der Waals surface area contributed by atoms with Crippen molar-refractivity contribution >= 4 is 15.9 Å². The zero-order valence-corrected chi connectivity index (χ0v) is 9.00. The molecule has 3 nitrogen and oxygen atoms in total. The molecule has 1 aromatic heterocycles. The van der Waals surface area contributed by atoms with Crippen molar-refractivity contribution in [3.63, 3.8) is 0 Å². The highest BCUT2D eigenvalue weighted by atomic mass is 79.9. The fraction of sp³-hybridized carbons (Fsp3) is 0.333. The van der Waals surface area contributed by atoms with Crippen LogP contribution in [0.5, 0.6) is 5.88 Å². The molecular formula is C9H9BrN2O. The molecule has 4 heteroatoms. The summed E-state index contributed by atoms with van der Waals surface area (Å²) in [5.74, 6) is 2.93. The molecule has 0 aliphatic carbocycles. The molecule has 0 aromatic carbocycles. The Labute approximate surface area is 85.7 Å². The summed E-state index contributed by atoms with van der Waals surface area (Å²) in [6, 6.07) is 0. The first kappa shape index (κ1) is 10.0. The van der Waals surface area contributed by atoms with Crippen LogP contribution in [0.25, 0.3) is 0 Å².